The first-order valence-corrected chi connectivity index (χ1v) is 25.3. The molecule has 4 heterocycles. The fraction of sp³-hybridized carbons (Fsp3) is 0.719. The molecule has 48 heavy (non-hydrogen) atoms. The molecule has 3 aromatic rings. The van der Waals surface area contributed by atoms with E-state index in [0.29, 0.717) is 17.8 Å². The molecule has 13 nitrogen and oxygen atoms in total. The van der Waals surface area contributed by atoms with Crippen molar-refractivity contribution < 1.29 is 27.9 Å². The van der Waals surface area contributed by atoms with Crippen molar-refractivity contribution in [3.05, 3.63) is 24.3 Å². The van der Waals surface area contributed by atoms with Gasteiger partial charge in [-0.3, -0.25) is 4.57 Å². The van der Waals surface area contributed by atoms with Crippen LogP contribution in [0.25, 0.3) is 17.1 Å². The smallest absolute Gasteiger partial charge is 0.338 e. The minimum Gasteiger partial charge on any atom is -0.478 e. The van der Waals surface area contributed by atoms with Gasteiger partial charge in [0.05, 0.1) is 24.7 Å². The van der Waals surface area contributed by atoms with E-state index in [9.17, 15) is 9.90 Å². The number of nitrogen functional groups attached to an aromatic ring is 1. The number of nitrogens with zero attached hydrogens (tertiary/aromatic N) is 6. The van der Waals surface area contributed by atoms with Crippen LogP contribution in [-0.4, -0.2) is 90.2 Å². The lowest BCUT2D eigenvalue weighted by atomic mass is 10.1. The van der Waals surface area contributed by atoms with Crippen molar-refractivity contribution >= 4 is 47.9 Å². The molecule has 4 atom stereocenters. The monoisotopic (exact) mass is 719 g/mol. The summed E-state index contributed by atoms with van der Waals surface area (Å²) in [5.74, 6) is -0.863. The Bertz CT molecular complexity index is 1640. The van der Waals surface area contributed by atoms with Crippen LogP contribution in [0, 0.1) is 0 Å². The maximum absolute atomic E-state index is 11.5. The Labute approximate surface area is 288 Å². The van der Waals surface area contributed by atoms with Crippen LogP contribution in [0.3, 0.4) is 0 Å². The van der Waals surface area contributed by atoms with Gasteiger partial charge in [-0.15, -0.1) is 0 Å². The number of imidazole rings is 1. The zero-order chi connectivity index (χ0) is 36.4. The van der Waals surface area contributed by atoms with Gasteiger partial charge in [0.2, 0.25) is 0 Å². The number of fused-ring (bicyclic) bond motifs is 1. The van der Waals surface area contributed by atoms with Gasteiger partial charge in [-0.2, -0.15) is 15.1 Å². The van der Waals surface area contributed by atoms with Crippen molar-refractivity contribution in [2.75, 3.05) is 12.3 Å². The minimum absolute atomic E-state index is 0.00271. The third-order valence-electron chi connectivity index (χ3n) is 10.9. The molecule has 1 saturated heterocycles. The number of hydrogen-bond acceptors (Lipinski definition) is 10. The maximum atomic E-state index is 11.5. The molecule has 3 aromatic heterocycles. The van der Waals surface area contributed by atoms with Crippen LogP contribution >= 0.6 is 0 Å². The highest BCUT2D eigenvalue weighted by atomic mass is 28.4. The normalized spacial score (nSPS) is 21.7. The van der Waals surface area contributed by atoms with Crippen molar-refractivity contribution in [1.29, 1.82) is 0 Å². The molecule has 3 N–H and O–H groups in total. The second-order valence-electron chi connectivity index (χ2n) is 17.5. The van der Waals surface area contributed by atoms with Crippen molar-refractivity contribution in [2.45, 2.75) is 141 Å². The Balaban J connectivity index is 1.89. The summed E-state index contributed by atoms with van der Waals surface area (Å²) in [7, 11) is -6.89. The summed E-state index contributed by atoms with van der Waals surface area (Å²) in [5.41, 5.74) is 7.21. The fourth-order valence-corrected chi connectivity index (χ4v) is 8.25. The first-order chi connectivity index (χ1) is 21.7. The largest absolute Gasteiger partial charge is 0.478 e. The molecular formula is C32H57N7O6Si3. The molecule has 1 aliphatic rings. The van der Waals surface area contributed by atoms with E-state index in [1.165, 1.54) is 17.1 Å². The van der Waals surface area contributed by atoms with Crippen molar-refractivity contribution in [2.24, 2.45) is 0 Å². The first kappa shape index (κ1) is 38.3. The summed E-state index contributed by atoms with van der Waals surface area (Å²) in [5, 5.41) is 13.5. The van der Waals surface area contributed by atoms with Crippen LogP contribution in [0.15, 0.2) is 18.7 Å². The van der Waals surface area contributed by atoms with Crippen LogP contribution < -0.4 is 5.73 Å². The molecular weight excluding hydrogens is 663 g/mol. The Hall–Kier alpha value is -2.48. The van der Waals surface area contributed by atoms with Crippen molar-refractivity contribution in [3.8, 4) is 5.95 Å². The van der Waals surface area contributed by atoms with Gasteiger partial charge in [-0.05, 0) is 54.4 Å². The van der Waals surface area contributed by atoms with E-state index in [1.807, 2.05) is 4.57 Å². The van der Waals surface area contributed by atoms with Gasteiger partial charge in [0.25, 0.3) is 5.95 Å². The zero-order valence-electron chi connectivity index (χ0n) is 31.5. The summed E-state index contributed by atoms with van der Waals surface area (Å²) in [6.45, 7) is 33.8. The van der Waals surface area contributed by atoms with Crippen molar-refractivity contribution in [3.63, 3.8) is 0 Å². The number of hydrogen-bond donors (Lipinski definition) is 2. The quantitative estimate of drug-likeness (QED) is 0.208. The topological polar surface area (TPSA) is 162 Å². The van der Waals surface area contributed by atoms with Gasteiger partial charge in [-0.1, -0.05) is 62.3 Å². The van der Waals surface area contributed by atoms with Gasteiger partial charge in [-0.25, -0.2) is 14.5 Å². The molecule has 0 radical (unpaired) electrons. The Morgan fingerprint density at radius 3 is 1.94 bits per heavy atom. The number of carboxylic acid groups (broad SMARTS) is 1. The third-order valence-corrected chi connectivity index (χ3v) is 24.4. The third kappa shape index (κ3) is 7.49. The lowest BCUT2D eigenvalue weighted by Gasteiger charge is -2.44. The summed E-state index contributed by atoms with van der Waals surface area (Å²) in [4.78, 5) is 25.3. The second kappa shape index (κ2) is 12.7. The molecule has 0 bridgehead atoms. The summed E-state index contributed by atoms with van der Waals surface area (Å²) < 4.78 is 31.5. The molecule has 268 valence electrons. The molecule has 1 fully saturated rings. The molecule has 0 saturated carbocycles. The standard InChI is InChI=1S/C32H57N7O6Si3/c1-30(2,3)46(10,11)42-18-21-23(44-47(12,13)31(4,5)6)24(45-48(14,15)32(7,8)9)27(43-21)38-19-34-22-25(33)36-29(37-26(22)38)39-17-20(16-35-39)28(40)41/h16-17,19,21,23-24,27H,18H2,1-15H3,(H,40,41)(H2,33,36,37). The molecule has 0 aromatic carbocycles. The minimum atomic E-state index is -2.39. The molecule has 16 heteroatoms. The summed E-state index contributed by atoms with van der Waals surface area (Å²) >= 11 is 0. The Morgan fingerprint density at radius 1 is 0.896 bits per heavy atom. The highest BCUT2D eigenvalue weighted by Gasteiger charge is 2.55. The van der Waals surface area contributed by atoms with E-state index >= 15 is 0 Å². The van der Waals surface area contributed by atoms with Crippen LogP contribution in [0.2, 0.25) is 54.4 Å². The summed E-state index contributed by atoms with van der Waals surface area (Å²) in [6, 6.07) is 0. The summed E-state index contributed by atoms with van der Waals surface area (Å²) in [6.07, 6.45) is 2.16. The molecule has 0 aliphatic carbocycles. The van der Waals surface area contributed by atoms with Gasteiger partial charge in [0.1, 0.15) is 23.8 Å². The number of rotatable bonds is 10. The molecule has 4 unspecified atom stereocenters. The highest BCUT2D eigenvalue weighted by molar-refractivity contribution is 6.75. The Morgan fingerprint density at radius 2 is 1.44 bits per heavy atom. The Kier molecular flexibility index (Phi) is 10.1. The van der Waals surface area contributed by atoms with E-state index in [1.54, 1.807) is 6.33 Å². The molecule has 0 spiro atoms. The second-order valence-corrected chi connectivity index (χ2v) is 31.9. The van der Waals surface area contributed by atoms with E-state index in [4.69, 9.17) is 28.7 Å². The number of carbonyl (C=O) groups is 1. The number of aromatic nitrogens is 6. The number of aromatic carboxylic acids is 1. The van der Waals surface area contributed by atoms with Gasteiger partial charge in [0, 0.05) is 6.20 Å². The fourth-order valence-electron chi connectivity index (χ4n) is 4.63. The zero-order valence-corrected chi connectivity index (χ0v) is 34.5. The van der Waals surface area contributed by atoms with Crippen LogP contribution in [0.5, 0.6) is 0 Å². The van der Waals surface area contributed by atoms with E-state index in [-0.39, 0.29) is 32.4 Å². The molecule has 0 amide bonds. The molecule has 4 rings (SSSR count). The number of anilines is 1. The van der Waals surface area contributed by atoms with Gasteiger partial charge >= 0.3 is 5.97 Å². The predicted molar refractivity (Wildman–Crippen MR) is 195 cm³/mol. The van der Waals surface area contributed by atoms with E-state index in [2.05, 4.69) is 117 Å². The SMILES string of the molecule is CC(C)(C)[Si](C)(C)OCC1OC(n2cnc3c(N)nc(-n4cc(C(=O)O)cn4)nc32)C(O[Si](C)(C)C(C)(C)C)C1O[Si](C)(C)C(C)(C)C. The van der Waals surface area contributed by atoms with Crippen molar-refractivity contribution in [1.82, 2.24) is 29.3 Å². The average Bonchev–Trinajstić information content (AvgIpc) is 3.64. The predicted octanol–water partition coefficient (Wildman–Crippen LogP) is 6.99. The molecule has 1 aliphatic heterocycles. The van der Waals surface area contributed by atoms with Crippen LogP contribution in [0.4, 0.5) is 5.82 Å². The first-order valence-electron chi connectivity index (χ1n) is 16.6. The lowest BCUT2D eigenvalue weighted by molar-refractivity contribution is -0.0470. The van der Waals surface area contributed by atoms with Gasteiger partial charge in [0.15, 0.2) is 42.6 Å². The van der Waals surface area contributed by atoms with Crippen LogP contribution in [0.1, 0.15) is 78.9 Å². The maximum Gasteiger partial charge on any atom is 0.338 e. The van der Waals surface area contributed by atoms with E-state index < -0.39 is 55.5 Å². The number of ether oxygens (including phenoxy) is 1. The number of carboxylic acids is 1. The average molecular weight is 720 g/mol. The lowest BCUT2D eigenvalue weighted by Crippen LogP contribution is -2.54. The van der Waals surface area contributed by atoms with Gasteiger partial charge < -0.3 is 28.9 Å². The van der Waals surface area contributed by atoms with Crippen LogP contribution in [-0.2, 0) is 18.0 Å². The number of nitrogens with two attached hydrogens (primary N) is 1. The van der Waals surface area contributed by atoms with E-state index in [0.717, 1.165) is 0 Å². The highest BCUT2D eigenvalue weighted by Crippen LogP contribution is 2.47.